The number of hydrogen-bond acceptors (Lipinski definition) is 4. The lowest BCUT2D eigenvalue weighted by molar-refractivity contribution is -0.135. The van der Waals surface area contributed by atoms with Crippen LogP contribution in [0.15, 0.2) is 41.2 Å². The molecule has 2 aromatic carbocycles. The van der Waals surface area contributed by atoms with E-state index in [1.165, 1.54) is 12.1 Å². The van der Waals surface area contributed by atoms with Gasteiger partial charge in [-0.05, 0) is 35.9 Å². The molecule has 0 spiro atoms. The predicted octanol–water partition coefficient (Wildman–Crippen LogP) is 1.99. The van der Waals surface area contributed by atoms with E-state index in [1.807, 2.05) is 5.32 Å². The van der Waals surface area contributed by atoms with Crippen molar-refractivity contribution in [2.75, 3.05) is 6.54 Å². The summed E-state index contributed by atoms with van der Waals surface area (Å²) in [6.07, 6.45) is 0. The number of aromatic nitrogens is 1. The summed E-state index contributed by atoms with van der Waals surface area (Å²) < 4.78 is 41.4. The van der Waals surface area contributed by atoms with E-state index in [2.05, 4.69) is 0 Å². The van der Waals surface area contributed by atoms with Gasteiger partial charge < -0.3 is 20.1 Å². The van der Waals surface area contributed by atoms with Gasteiger partial charge in [0.25, 0.3) is 11.5 Å². The number of halogens is 3. The summed E-state index contributed by atoms with van der Waals surface area (Å²) in [6, 6.07) is 6.03. The number of carbonyl (C=O) groups is 2. The number of nitrogens with zero attached hydrogens (tertiary/aromatic N) is 1. The molecule has 0 unspecified atom stereocenters. The first-order valence-electron chi connectivity index (χ1n) is 8.18. The third-order valence-electron chi connectivity index (χ3n) is 4.15. The molecule has 150 valence electrons. The van der Waals surface area contributed by atoms with Crippen LogP contribution < -0.4 is 10.9 Å². The Morgan fingerprint density at radius 3 is 2.41 bits per heavy atom. The zero-order chi connectivity index (χ0) is 21.3. The maximum absolute atomic E-state index is 13.7. The summed E-state index contributed by atoms with van der Waals surface area (Å²) in [4.78, 5) is 35.8. The third-order valence-corrected chi connectivity index (χ3v) is 4.15. The molecule has 10 heteroatoms. The van der Waals surface area contributed by atoms with Gasteiger partial charge in [0, 0.05) is 5.39 Å². The van der Waals surface area contributed by atoms with Gasteiger partial charge in [0.05, 0.1) is 12.1 Å². The molecular formula is C19H13F3N2O5. The first kappa shape index (κ1) is 19.9. The second-order valence-corrected chi connectivity index (χ2v) is 6.10. The van der Waals surface area contributed by atoms with E-state index in [-0.39, 0.29) is 23.0 Å². The number of fused-ring (bicyclic) bond motifs is 1. The summed E-state index contributed by atoms with van der Waals surface area (Å²) >= 11 is 0. The van der Waals surface area contributed by atoms with Crippen LogP contribution in [0.4, 0.5) is 13.2 Å². The smallest absolute Gasteiger partial charge is 0.322 e. The summed E-state index contributed by atoms with van der Waals surface area (Å²) in [6.45, 7) is -1.14. The average molecular weight is 406 g/mol. The monoisotopic (exact) mass is 406 g/mol. The molecule has 0 atom stereocenters. The molecule has 3 aromatic rings. The number of aromatic hydroxyl groups is 1. The Balaban J connectivity index is 2.21. The zero-order valence-corrected chi connectivity index (χ0v) is 14.6. The minimum absolute atomic E-state index is 0.0356. The van der Waals surface area contributed by atoms with Crippen molar-refractivity contribution in [1.82, 2.24) is 9.88 Å². The minimum atomic E-state index is -1.38. The van der Waals surface area contributed by atoms with Crippen LogP contribution >= 0.6 is 0 Å². The molecule has 0 fully saturated rings. The van der Waals surface area contributed by atoms with Crippen molar-refractivity contribution in [3.63, 3.8) is 0 Å². The highest BCUT2D eigenvalue weighted by Gasteiger charge is 2.23. The second-order valence-electron chi connectivity index (χ2n) is 6.10. The number of rotatable bonds is 5. The van der Waals surface area contributed by atoms with Gasteiger partial charge in [-0.2, -0.15) is 0 Å². The molecule has 1 aromatic heterocycles. The van der Waals surface area contributed by atoms with Crippen LogP contribution in [-0.2, 0) is 11.3 Å². The number of amides is 1. The SMILES string of the molecule is O=C(O)CNC(=O)c1c(O)c2cc(F)ccc2n(Cc2ccc(F)c(F)c2)c1=O. The zero-order valence-electron chi connectivity index (χ0n) is 14.6. The lowest BCUT2D eigenvalue weighted by atomic mass is 10.1. The fourth-order valence-corrected chi connectivity index (χ4v) is 2.84. The van der Waals surface area contributed by atoms with Crippen molar-refractivity contribution in [3.8, 4) is 5.75 Å². The molecule has 29 heavy (non-hydrogen) atoms. The number of benzene rings is 2. The summed E-state index contributed by atoms with van der Waals surface area (Å²) in [5.41, 5.74) is -1.62. The van der Waals surface area contributed by atoms with E-state index in [1.54, 1.807) is 0 Å². The highest BCUT2D eigenvalue weighted by atomic mass is 19.2. The first-order valence-corrected chi connectivity index (χ1v) is 8.18. The molecule has 0 saturated carbocycles. The number of pyridine rings is 1. The average Bonchev–Trinajstić information content (AvgIpc) is 2.66. The van der Waals surface area contributed by atoms with E-state index in [4.69, 9.17) is 5.11 Å². The van der Waals surface area contributed by atoms with Gasteiger partial charge in [0.1, 0.15) is 23.7 Å². The molecule has 7 nitrogen and oxygen atoms in total. The van der Waals surface area contributed by atoms with Gasteiger partial charge in [0.2, 0.25) is 0 Å². The molecular weight excluding hydrogens is 393 g/mol. The number of aliphatic carboxylic acids is 1. The van der Waals surface area contributed by atoms with Crippen LogP contribution in [0.5, 0.6) is 5.75 Å². The normalized spacial score (nSPS) is 10.9. The Morgan fingerprint density at radius 2 is 1.76 bits per heavy atom. The van der Waals surface area contributed by atoms with E-state index in [9.17, 15) is 32.7 Å². The van der Waals surface area contributed by atoms with Crippen molar-refractivity contribution >= 4 is 22.8 Å². The molecule has 1 amide bonds. The molecule has 3 N–H and O–H groups in total. The molecule has 0 radical (unpaired) electrons. The molecule has 1 heterocycles. The van der Waals surface area contributed by atoms with Crippen molar-refractivity contribution in [2.45, 2.75) is 6.54 Å². The number of carboxylic acids is 1. The summed E-state index contributed by atoms with van der Waals surface area (Å²) in [5, 5.41) is 20.8. The van der Waals surface area contributed by atoms with Crippen molar-refractivity contribution in [1.29, 1.82) is 0 Å². The predicted molar refractivity (Wildman–Crippen MR) is 95.3 cm³/mol. The molecule has 0 saturated heterocycles. The number of carbonyl (C=O) groups excluding carboxylic acids is 1. The highest BCUT2D eigenvalue weighted by Crippen LogP contribution is 2.27. The number of nitrogens with one attached hydrogen (secondary N) is 1. The van der Waals surface area contributed by atoms with Crippen LogP contribution in [-0.4, -0.2) is 33.2 Å². The van der Waals surface area contributed by atoms with Crippen molar-refractivity contribution < 1.29 is 33.0 Å². The summed E-state index contributed by atoms with van der Waals surface area (Å²) in [7, 11) is 0. The van der Waals surface area contributed by atoms with Crippen LogP contribution in [0.2, 0.25) is 0 Å². The first-order chi connectivity index (χ1) is 13.7. The maximum Gasteiger partial charge on any atom is 0.322 e. The highest BCUT2D eigenvalue weighted by molar-refractivity contribution is 6.03. The van der Waals surface area contributed by atoms with E-state index in [0.717, 1.165) is 28.8 Å². The van der Waals surface area contributed by atoms with Crippen LogP contribution in [0.25, 0.3) is 10.9 Å². The fourth-order valence-electron chi connectivity index (χ4n) is 2.84. The molecule has 0 aliphatic heterocycles. The van der Waals surface area contributed by atoms with Gasteiger partial charge in [0.15, 0.2) is 11.6 Å². The Bertz CT molecular complexity index is 1210. The van der Waals surface area contributed by atoms with Gasteiger partial charge in [-0.25, -0.2) is 13.2 Å². The lowest BCUT2D eigenvalue weighted by Gasteiger charge is -2.15. The van der Waals surface area contributed by atoms with Gasteiger partial charge in [-0.3, -0.25) is 14.4 Å². The van der Waals surface area contributed by atoms with E-state index < -0.39 is 52.7 Å². The van der Waals surface area contributed by atoms with Gasteiger partial charge in [-0.1, -0.05) is 6.07 Å². The Hall–Kier alpha value is -3.82. The molecule has 0 aliphatic carbocycles. The minimum Gasteiger partial charge on any atom is -0.506 e. The maximum atomic E-state index is 13.7. The van der Waals surface area contributed by atoms with Crippen molar-refractivity contribution in [3.05, 3.63) is 75.3 Å². The number of carboxylic acid groups (broad SMARTS) is 1. The van der Waals surface area contributed by atoms with Crippen LogP contribution in [0.1, 0.15) is 15.9 Å². The largest absolute Gasteiger partial charge is 0.506 e. The van der Waals surface area contributed by atoms with E-state index >= 15 is 0 Å². The Labute approximate surface area is 160 Å². The quantitative estimate of drug-likeness (QED) is 0.601. The van der Waals surface area contributed by atoms with Gasteiger partial charge >= 0.3 is 5.97 Å². The second kappa shape index (κ2) is 7.66. The molecule has 0 bridgehead atoms. The van der Waals surface area contributed by atoms with Crippen molar-refractivity contribution in [2.24, 2.45) is 0 Å². The number of hydrogen-bond donors (Lipinski definition) is 3. The lowest BCUT2D eigenvalue weighted by Crippen LogP contribution is -2.36. The fraction of sp³-hybridized carbons (Fsp3) is 0.105. The molecule has 3 rings (SSSR count). The van der Waals surface area contributed by atoms with Crippen LogP contribution in [0, 0.1) is 17.5 Å². The summed E-state index contributed by atoms with van der Waals surface area (Å²) in [5.74, 6) is -6.39. The Kier molecular flexibility index (Phi) is 5.26. The van der Waals surface area contributed by atoms with Gasteiger partial charge in [-0.15, -0.1) is 0 Å². The topological polar surface area (TPSA) is 109 Å². The Morgan fingerprint density at radius 1 is 1.03 bits per heavy atom. The standard InChI is InChI=1S/C19H13F3N2O5/c20-10-2-4-14-11(6-10)17(27)16(18(28)23-7-15(25)26)19(29)24(14)8-9-1-3-12(21)13(22)5-9/h1-6,27H,7-8H2,(H,23,28)(H,25,26). The van der Waals surface area contributed by atoms with E-state index in [0.29, 0.717) is 0 Å². The third kappa shape index (κ3) is 3.91. The molecule has 0 aliphatic rings. The van der Waals surface area contributed by atoms with Crippen LogP contribution in [0.3, 0.4) is 0 Å².